The van der Waals surface area contributed by atoms with Gasteiger partial charge in [0.1, 0.15) is 29.1 Å². The third kappa shape index (κ3) is 10.1. The minimum atomic E-state index is -1.49. The number of carbonyl (C=O) groups is 1. The lowest BCUT2D eigenvalue weighted by molar-refractivity contribution is -0.256. The summed E-state index contributed by atoms with van der Waals surface area (Å²) in [7, 11) is 1.34. The Hall–Kier alpha value is -4.40. The Labute approximate surface area is 362 Å². The number of benzene rings is 3. The molecule has 7 atom stereocenters. The second-order valence-electron chi connectivity index (χ2n) is 16.2. The number of ether oxygens (including phenoxy) is 5. The van der Waals surface area contributed by atoms with E-state index in [1.807, 2.05) is 42.7 Å². The molecule has 2 N–H and O–H groups in total. The molecule has 0 spiro atoms. The molecule has 0 bridgehead atoms. The zero-order valence-corrected chi connectivity index (χ0v) is 36.0. The van der Waals surface area contributed by atoms with E-state index in [9.17, 15) is 19.4 Å². The van der Waals surface area contributed by atoms with E-state index in [0.717, 1.165) is 54.6 Å². The maximum absolute atomic E-state index is 14.2. The lowest BCUT2D eigenvalue weighted by atomic mass is 9.55. The van der Waals surface area contributed by atoms with E-state index in [0.29, 0.717) is 54.4 Å². The van der Waals surface area contributed by atoms with Crippen LogP contribution in [0.2, 0.25) is 0 Å². The van der Waals surface area contributed by atoms with Crippen LogP contribution in [-0.2, 0) is 25.6 Å². The molecule has 7 rings (SSSR count). The molecular weight excluding hydrogens is 800 g/mol. The summed E-state index contributed by atoms with van der Waals surface area (Å²) in [5.41, 5.74) is 3.18. The molecular formula is C48H59FN2O9S. The van der Waals surface area contributed by atoms with E-state index >= 15 is 0 Å². The number of hydrogen-bond acceptors (Lipinski definition) is 11. The average molecular weight is 859 g/mol. The predicted molar refractivity (Wildman–Crippen MR) is 232 cm³/mol. The molecule has 3 aromatic rings. The number of oxime groups is 1. The molecule has 0 radical (unpaired) electrons. The van der Waals surface area contributed by atoms with Crippen molar-refractivity contribution in [3.63, 3.8) is 0 Å². The highest BCUT2D eigenvalue weighted by Gasteiger charge is 2.65. The smallest absolute Gasteiger partial charge is 0.410 e. The monoisotopic (exact) mass is 858 g/mol. The maximum atomic E-state index is 14.2. The van der Waals surface area contributed by atoms with E-state index in [1.165, 1.54) is 19.2 Å². The van der Waals surface area contributed by atoms with Crippen molar-refractivity contribution in [2.24, 2.45) is 22.9 Å². The summed E-state index contributed by atoms with van der Waals surface area (Å²) in [4.78, 5) is 23.2. The van der Waals surface area contributed by atoms with Gasteiger partial charge < -0.3 is 38.7 Å². The zero-order chi connectivity index (χ0) is 42.8. The maximum Gasteiger partial charge on any atom is 0.410 e. The first-order valence-electron chi connectivity index (χ1n) is 21.6. The SMILES string of the molecule is C=CCO[C@@]12Oc3ccc(Oc4ccc(SC)cc4)cc3[C@H]3[C@H](CCCCO)[C@@H](CCCCO)C=C(C(=NOC4CCCCO4)C[C@@H]1N(Cc1ccc(F)cc1)C(=O)OC)[C@H]32. The van der Waals surface area contributed by atoms with Crippen molar-refractivity contribution in [2.75, 3.05) is 39.8 Å². The van der Waals surface area contributed by atoms with Crippen molar-refractivity contribution in [1.82, 2.24) is 4.90 Å². The summed E-state index contributed by atoms with van der Waals surface area (Å²) in [5, 5.41) is 24.8. The summed E-state index contributed by atoms with van der Waals surface area (Å²) >= 11 is 1.66. The summed E-state index contributed by atoms with van der Waals surface area (Å²) in [5.74, 6) is -0.639. The highest BCUT2D eigenvalue weighted by Crippen LogP contribution is 2.62. The molecule has 328 valence electrons. The van der Waals surface area contributed by atoms with Crippen molar-refractivity contribution >= 4 is 23.6 Å². The molecule has 2 aliphatic heterocycles. The second kappa shape index (κ2) is 21.1. The lowest BCUT2D eigenvalue weighted by Crippen LogP contribution is -2.70. The summed E-state index contributed by atoms with van der Waals surface area (Å²) < 4.78 is 46.6. The summed E-state index contributed by atoms with van der Waals surface area (Å²) in [6.07, 6.45) is 12.2. The molecule has 0 aromatic heterocycles. The average Bonchev–Trinajstić information content (AvgIpc) is 3.29. The molecule has 1 unspecified atom stereocenters. The Morgan fingerprint density at radius 2 is 1.77 bits per heavy atom. The quantitative estimate of drug-likeness (QED) is 0.0521. The van der Waals surface area contributed by atoms with Crippen LogP contribution in [0.4, 0.5) is 9.18 Å². The van der Waals surface area contributed by atoms with Gasteiger partial charge in [-0.05, 0) is 122 Å². The molecule has 13 heteroatoms. The van der Waals surface area contributed by atoms with Crippen LogP contribution in [0.1, 0.15) is 81.3 Å². The molecule has 2 fully saturated rings. The number of nitrogens with zero attached hydrogens (tertiary/aromatic N) is 2. The Kier molecular flexibility index (Phi) is 15.5. The fourth-order valence-electron chi connectivity index (χ4n) is 9.61. The van der Waals surface area contributed by atoms with Gasteiger partial charge in [0.15, 0.2) is 0 Å². The van der Waals surface area contributed by atoms with Crippen LogP contribution >= 0.6 is 11.8 Å². The highest BCUT2D eigenvalue weighted by molar-refractivity contribution is 7.98. The fraction of sp³-hybridized carbons (Fsp3) is 0.500. The number of fused-ring (bicyclic) bond motifs is 2. The molecule has 11 nitrogen and oxygen atoms in total. The minimum Gasteiger partial charge on any atom is -0.459 e. The largest absolute Gasteiger partial charge is 0.459 e. The summed E-state index contributed by atoms with van der Waals surface area (Å²) in [6.45, 7) is 4.94. The van der Waals surface area contributed by atoms with Gasteiger partial charge in [-0.1, -0.05) is 42.3 Å². The molecule has 61 heavy (non-hydrogen) atoms. The van der Waals surface area contributed by atoms with E-state index < -0.39 is 30.1 Å². The first kappa shape index (κ1) is 44.6. The van der Waals surface area contributed by atoms with Crippen molar-refractivity contribution in [3.05, 3.63) is 108 Å². The molecule has 2 heterocycles. The summed E-state index contributed by atoms with van der Waals surface area (Å²) in [6, 6.07) is 19.1. The molecule has 1 saturated carbocycles. The van der Waals surface area contributed by atoms with Crippen molar-refractivity contribution < 1.29 is 47.9 Å². The molecule has 1 amide bonds. The van der Waals surface area contributed by atoms with Gasteiger partial charge in [-0.2, -0.15) is 0 Å². The van der Waals surface area contributed by atoms with Gasteiger partial charge in [0.25, 0.3) is 0 Å². The Balaban J connectivity index is 1.44. The third-order valence-electron chi connectivity index (χ3n) is 12.4. The normalized spacial score (nSPS) is 26.0. The van der Waals surface area contributed by atoms with Crippen LogP contribution in [-0.4, -0.2) is 84.8 Å². The number of aliphatic hydroxyl groups excluding tert-OH is 2. The van der Waals surface area contributed by atoms with Crippen LogP contribution in [0.25, 0.3) is 0 Å². The number of halogens is 1. The van der Waals surface area contributed by atoms with E-state index in [1.54, 1.807) is 34.9 Å². The number of rotatable bonds is 19. The first-order valence-corrected chi connectivity index (χ1v) is 22.8. The Bertz CT molecular complexity index is 1990. The zero-order valence-electron chi connectivity index (χ0n) is 35.2. The topological polar surface area (TPSA) is 129 Å². The number of unbranched alkanes of at least 4 members (excludes halogenated alkanes) is 2. The third-order valence-corrected chi connectivity index (χ3v) is 13.2. The van der Waals surface area contributed by atoms with Crippen LogP contribution in [0.15, 0.2) is 101 Å². The number of allylic oxidation sites excluding steroid dienone is 1. The number of methoxy groups -OCH3 is 1. The fourth-order valence-corrected chi connectivity index (χ4v) is 10.0. The van der Waals surface area contributed by atoms with Gasteiger partial charge in [-0.3, -0.25) is 4.90 Å². The molecule has 4 aliphatic rings. The van der Waals surface area contributed by atoms with Crippen molar-refractivity contribution in [2.45, 2.75) is 99.7 Å². The second-order valence-corrected chi connectivity index (χ2v) is 17.1. The van der Waals surface area contributed by atoms with E-state index in [-0.39, 0.29) is 56.4 Å². The molecule has 1 saturated heterocycles. The lowest BCUT2D eigenvalue weighted by Gasteiger charge is -2.59. The van der Waals surface area contributed by atoms with Gasteiger partial charge in [0.05, 0.1) is 32.0 Å². The Morgan fingerprint density at radius 3 is 2.46 bits per heavy atom. The number of amides is 1. The number of thioether (sulfide) groups is 1. The molecule has 3 aromatic carbocycles. The first-order chi connectivity index (χ1) is 29.8. The Morgan fingerprint density at radius 1 is 1.02 bits per heavy atom. The van der Waals surface area contributed by atoms with E-state index in [4.69, 9.17) is 33.7 Å². The van der Waals surface area contributed by atoms with Crippen LogP contribution in [0.3, 0.4) is 0 Å². The van der Waals surface area contributed by atoms with E-state index in [2.05, 4.69) is 18.7 Å². The number of carbonyl (C=O) groups excluding carboxylic acids is 1. The van der Waals surface area contributed by atoms with Crippen LogP contribution in [0.5, 0.6) is 17.2 Å². The van der Waals surface area contributed by atoms with Gasteiger partial charge in [-0.25, -0.2) is 9.18 Å². The van der Waals surface area contributed by atoms with Gasteiger partial charge in [0.2, 0.25) is 12.1 Å². The number of aliphatic hydroxyl groups is 2. The molecule has 2 aliphatic carbocycles. The van der Waals surface area contributed by atoms with Crippen LogP contribution in [0, 0.1) is 23.6 Å². The highest BCUT2D eigenvalue weighted by atomic mass is 32.2. The predicted octanol–water partition coefficient (Wildman–Crippen LogP) is 9.77. The standard InChI is InChI=1S/C48H59FN2O9S/c1-4-26-57-48-43(51(47(54)55-2)31-32-14-16-34(49)17-15-32)30-41(50-60-44-13-7-10-27-56-44)39-28-33(11-5-8-24-52)38(12-6-9-25-53)45(46(39)48)40-29-36(20-23-42(40)59-48)58-35-18-21-37(61-3)22-19-35/h4,14-23,28-29,33,38,43-46,52-53H,1,5-13,24-27,30-31H2,2-3H3/t33-,38+,43-,44?,45+,46+,48+/m0/s1. The van der Waals surface area contributed by atoms with Gasteiger partial charge in [0, 0.05) is 49.0 Å². The van der Waals surface area contributed by atoms with Gasteiger partial charge >= 0.3 is 6.09 Å². The van der Waals surface area contributed by atoms with Crippen molar-refractivity contribution in [1.29, 1.82) is 0 Å². The number of hydrogen-bond donors (Lipinski definition) is 2. The van der Waals surface area contributed by atoms with Gasteiger partial charge in [-0.15, -0.1) is 18.3 Å². The minimum absolute atomic E-state index is 0.0238. The van der Waals surface area contributed by atoms with Crippen molar-refractivity contribution in [3.8, 4) is 17.2 Å². The van der Waals surface area contributed by atoms with Crippen LogP contribution < -0.4 is 9.47 Å².